The second kappa shape index (κ2) is 5.99. The first kappa shape index (κ1) is 13.7. The van der Waals surface area contributed by atoms with Crippen LogP contribution in [0.5, 0.6) is 5.88 Å². The molecule has 5 nitrogen and oxygen atoms in total. The van der Waals surface area contributed by atoms with Crippen LogP contribution in [0.2, 0.25) is 0 Å². The molecular weight excluding hydrogens is 264 g/mol. The van der Waals surface area contributed by atoms with E-state index in [-0.39, 0.29) is 0 Å². The molecule has 1 fully saturated rings. The molecule has 1 aromatic carbocycles. The normalized spacial score (nSPS) is 14.0. The fourth-order valence-electron chi connectivity index (χ4n) is 2.30. The molecule has 2 aromatic rings. The van der Waals surface area contributed by atoms with E-state index in [2.05, 4.69) is 27.0 Å². The summed E-state index contributed by atoms with van der Waals surface area (Å²) in [4.78, 5) is 11.1. The van der Waals surface area contributed by atoms with Crippen LogP contribution in [-0.2, 0) is 6.54 Å². The minimum atomic E-state index is 0.550. The van der Waals surface area contributed by atoms with Crippen molar-refractivity contribution in [2.24, 2.45) is 0 Å². The van der Waals surface area contributed by atoms with Gasteiger partial charge in [-0.3, -0.25) is 4.98 Å². The molecule has 0 spiro atoms. The van der Waals surface area contributed by atoms with Crippen molar-refractivity contribution in [3.8, 4) is 5.88 Å². The van der Waals surface area contributed by atoms with Gasteiger partial charge in [0.15, 0.2) is 5.82 Å². The summed E-state index contributed by atoms with van der Waals surface area (Å²) in [7, 11) is 0. The average molecular weight is 284 g/mol. The van der Waals surface area contributed by atoms with E-state index in [1.54, 1.807) is 12.4 Å². The van der Waals surface area contributed by atoms with Gasteiger partial charge in [-0.05, 0) is 37.5 Å². The van der Waals surface area contributed by atoms with E-state index in [9.17, 15) is 0 Å². The summed E-state index contributed by atoms with van der Waals surface area (Å²) in [5.41, 5.74) is 7.75. The van der Waals surface area contributed by atoms with Gasteiger partial charge in [-0.25, -0.2) is 0 Å². The van der Waals surface area contributed by atoms with Crippen molar-refractivity contribution in [2.45, 2.75) is 32.4 Å². The molecule has 1 aliphatic carbocycles. The van der Waals surface area contributed by atoms with E-state index in [0.717, 1.165) is 18.1 Å². The van der Waals surface area contributed by atoms with Crippen molar-refractivity contribution < 1.29 is 4.74 Å². The Morgan fingerprint density at radius 2 is 2.00 bits per heavy atom. The largest absolute Gasteiger partial charge is 0.477 e. The quantitative estimate of drug-likeness (QED) is 0.826. The number of nitrogens with zero attached hydrogens (tertiary/aromatic N) is 3. The molecule has 5 heteroatoms. The standard InChI is InChI=1S/C16H20N4O/c1-2-21-16-10-18-9-15(19-16)20(14-7-8-14)11-12-3-5-13(17)6-4-12/h3-6,9-10,14H,2,7-8,11,17H2,1H3. The van der Waals surface area contributed by atoms with Gasteiger partial charge >= 0.3 is 0 Å². The Labute approximate surface area is 124 Å². The lowest BCUT2D eigenvalue weighted by Gasteiger charge is -2.23. The third-order valence-electron chi connectivity index (χ3n) is 3.51. The average Bonchev–Trinajstić information content (AvgIpc) is 3.32. The molecule has 1 heterocycles. The Bertz CT molecular complexity index is 595. The number of aromatic nitrogens is 2. The lowest BCUT2D eigenvalue weighted by atomic mass is 10.2. The fraction of sp³-hybridized carbons (Fsp3) is 0.375. The second-order valence-corrected chi connectivity index (χ2v) is 5.25. The molecule has 0 aliphatic heterocycles. The Hall–Kier alpha value is -2.30. The molecule has 0 radical (unpaired) electrons. The van der Waals surface area contributed by atoms with E-state index in [4.69, 9.17) is 10.5 Å². The van der Waals surface area contributed by atoms with Crippen molar-refractivity contribution >= 4 is 11.5 Å². The van der Waals surface area contributed by atoms with Gasteiger partial charge < -0.3 is 15.4 Å². The fourth-order valence-corrected chi connectivity index (χ4v) is 2.30. The highest BCUT2D eigenvalue weighted by molar-refractivity contribution is 5.44. The van der Waals surface area contributed by atoms with Gasteiger partial charge in [0.05, 0.1) is 19.0 Å². The summed E-state index contributed by atoms with van der Waals surface area (Å²) in [6.07, 6.45) is 5.87. The maximum absolute atomic E-state index is 5.74. The molecule has 0 bridgehead atoms. The highest BCUT2D eigenvalue weighted by Gasteiger charge is 2.30. The Morgan fingerprint density at radius 3 is 2.67 bits per heavy atom. The van der Waals surface area contributed by atoms with Gasteiger partial charge in [-0.15, -0.1) is 0 Å². The van der Waals surface area contributed by atoms with Gasteiger partial charge in [0.25, 0.3) is 0 Å². The molecule has 1 aliphatic rings. The maximum atomic E-state index is 5.74. The predicted octanol–water partition coefficient (Wildman–Crippen LogP) is 2.63. The molecular formula is C16H20N4O. The molecule has 0 unspecified atom stereocenters. The SMILES string of the molecule is CCOc1cncc(N(Cc2ccc(N)cc2)C2CC2)n1. The number of anilines is 2. The van der Waals surface area contributed by atoms with Crippen LogP contribution in [0.1, 0.15) is 25.3 Å². The van der Waals surface area contributed by atoms with Crippen molar-refractivity contribution in [2.75, 3.05) is 17.2 Å². The lowest BCUT2D eigenvalue weighted by molar-refractivity contribution is 0.325. The molecule has 21 heavy (non-hydrogen) atoms. The van der Waals surface area contributed by atoms with Crippen LogP contribution in [-0.4, -0.2) is 22.6 Å². The van der Waals surface area contributed by atoms with Gasteiger partial charge in [0.1, 0.15) is 0 Å². The zero-order valence-corrected chi connectivity index (χ0v) is 12.2. The number of hydrogen-bond acceptors (Lipinski definition) is 5. The molecule has 3 rings (SSSR count). The number of nitrogen functional groups attached to an aromatic ring is 1. The first-order valence-electron chi connectivity index (χ1n) is 7.32. The topological polar surface area (TPSA) is 64.3 Å². The third-order valence-corrected chi connectivity index (χ3v) is 3.51. The van der Waals surface area contributed by atoms with Crippen LogP contribution < -0.4 is 15.4 Å². The van der Waals surface area contributed by atoms with Gasteiger partial charge in [-0.1, -0.05) is 12.1 Å². The van der Waals surface area contributed by atoms with Gasteiger partial charge in [-0.2, -0.15) is 4.98 Å². The monoisotopic (exact) mass is 284 g/mol. The van der Waals surface area contributed by atoms with Crippen molar-refractivity contribution in [3.05, 3.63) is 42.2 Å². The van der Waals surface area contributed by atoms with Crippen molar-refractivity contribution in [1.82, 2.24) is 9.97 Å². The van der Waals surface area contributed by atoms with Crippen LogP contribution in [0.4, 0.5) is 11.5 Å². The molecule has 0 atom stereocenters. The number of hydrogen-bond donors (Lipinski definition) is 1. The van der Waals surface area contributed by atoms with Crippen LogP contribution in [0.3, 0.4) is 0 Å². The number of nitrogens with two attached hydrogens (primary N) is 1. The summed E-state index contributed by atoms with van der Waals surface area (Å²) >= 11 is 0. The van der Waals surface area contributed by atoms with Crippen molar-refractivity contribution in [3.63, 3.8) is 0 Å². The maximum Gasteiger partial charge on any atom is 0.234 e. The van der Waals surface area contributed by atoms with Crippen LogP contribution in [0.15, 0.2) is 36.7 Å². The van der Waals surface area contributed by atoms with Gasteiger partial charge in [0.2, 0.25) is 5.88 Å². The van der Waals surface area contributed by atoms with E-state index in [0.29, 0.717) is 18.5 Å². The first-order chi connectivity index (χ1) is 10.3. The first-order valence-corrected chi connectivity index (χ1v) is 7.32. The van der Waals surface area contributed by atoms with E-state index >= 15 is 0 Å². The Kier molecular flexibility index (Phi) is 3.90. The number of rotatable bonds is 6. The zero-order chi connectivity index (χ0) is 14.7. The van der Waals surface area contributed by atoms with Crippen molar-refractivity contribution in [1.29, 1.82) is 0 Å². The summed E-state index contributed by atoms with van der Waals surface area (Å²) in [6.45, 7) is 3.36. The highest BCUT2D eigenvalue weighted by Crippen LogP contribution is 2.32. The van der Waals surface area contributed by atoms with Crippen LogP contribution in [0, 0.1) is 0 Å². The minimum absolute atomic E-state index is 0.550. The third kappa shape index (κ3) is 3.42. The predicted molar refractivity (Wildman–Crippen MR) is 83.3 cm³/mol. The summed E-state index contributed by atoms with van der Waals surface area (Å²) in [5, 5.41) is 0. The summed E-state index contributed by atoms with van der Waals surface area (Å²) in [5.74, 6) is 1.46. The van der Waals surface area contributed by atoms with Crippen LogP contribution >= 0.6 is 0 Å². The molecule has 1 saturated carbocycles. The minimum Gasteiger partial charge on any atom is -0.477 e. The summed E-state index contributed by atoms with van der Waals surface area (Å²) < 4.78 is 5.45. The number of benzene rings is 1. The molecule has 1 aromatic heterocycles. The molecule has 0 saturated heterocycles. The van der Waals surface area contributed by atoms with E-state index < -0.39 is 0 Å². The van der Waals surface area contributed by atoms with E-state index in [1.807, 2.05) is 19.1 Å². The number of ether oxygens (including phenoxy) is 1. The van der Waals surface area contributed by atoms with E-state index in [1.165, 1.54) is 18.4 Å². The lowest BCUT2D eigenvalue weighted by Crippen LogP contribution is -2.26. The van der Waals surface area contributed by atoms with Gasteiger partial charge in [0, 0.05) is 18.3 Å². The zero-order valence-electron chi connectivity index (χ0n) is 12.2. The Balaban J connectivity index is 1.81. The molecule has 110 valence electrons. The summed E-state index contributed by atoms with van der Waals surface area (Å²) in [6, 6.07) is 8.54. The molecule has 2 N–H and O–H groups in total. The molecule has 0 amide bonds. The second-order valence-electron chi connectivity index (χ2n) is 5.25. The smallest absolute Gasteiger partial charge is 0.234 e. The highest BCUT2D eigenvalue weighted by atomic mass is 16.5. The van der Waals surface area contributed by atoms with Crippen LogP contribution in [0.25, 0.3) is 0 Å². The Morgan fingerprint density at radius 1 is 1.24 bits per heavy atom.